The molecule has 1 unspecified atom stereocenters. The van der Waals surface area contributed by atoms with Crippen molar-refractivity contribution in [1.29, 1.82) is 0 Å². The van der Waals surface area contributed by atoms with Gasteiger partial charge in [-0.2, -0.15) is 4.57 Å². The molecule has 0 radical (unpaired) electrons. The molecular weight excluding hydrogens is 442 g/mol. The molecule has 36 heavy (non-hydrogen) atoms. The van der Waals surface area contributed by atoms with E-state index in [1.54, 1.807) is 0 Å². The van der Waals surface area contributed by atoms with Crippen LogP contribution < -0.4 is 4.57 Å². The van der Waals surface area contributed by atoms with Crippen molar-refractivity contribution in [3.05, 3.63) is 60.4 Å². The van der Waals surface area contributed by atoms with Crippen molar-refractivity contribution in [2.75, 3.05) is 0 Å². The number of carbonyl (C=O) groups is 1. The van der Waals surface area contributed by atoms with Crippen LogP contribution in [0.1, 0.15) is 128 Å². The summed E-state index contributed by atoms with van der Waals surface area (Å²) in [7, 11) is 0. The number of aromatic nitrogens is 1. The highest BCUT2D eigenvalue weighted by molar-refractivity contribution is 5.70. The van der Waals surface area contributed by atoms with Crippen LogP contribution in [0.5, 0.6) is 0 Å². The van der Waals surface area contributed by atoms with Crippen LogP contribution in [0.15, 0.2) is 54.9 Å². The largest absolute Gasteiger partial charge is 0.481 e. The van der Waals surface area contributed by atoms with Crippen LogP contribution >= 0.6 is 0 Å². The number of benzene rings is 1. The van der Waals surface area contributed by atoms with Gasteiger partial charge in [-0.3, -0.25) is 4.79 Å². The van der Waals surface area contributed by atoms with Crippen molar-refractivity contribution in [2.24, 2.45) is 5.92 Å². The summed E-state index contributed by atoms with van der Waals surface area (Å²) in [6.07, 6.45) is 28.3. The Morgan fingerprint density at radius 1 is 0.667 bits per heavy atom. The average molecular weight is 495 g/mol. The fourth-order valence-corrected chi connectivity index (χ4v) is 5.19. The van der Waals surface area contributed by atoms with Crippen LogP contribution in [0.3, 0.4) is 0 Å². The Labute approximate surface area is 221 Å². The Hall–Kier alpha value is -2.16. The van der Waals surface area contributed by atoms with Gasteiger partial charge in [0.25, 0.3) is 0 Å². The van der Waals surface area contributed by atoms with E-state index in [9.17, 15) is 9.90 Å². The quantitative estimate of drug-likeness (QED) is 0.131. The summed E-state index contributed by atoms with van der Waals surface area (Å²) in [6.45, 7) is 2.28. The highest BCUT2D eigenvalue weighted by atomic mass is 16.4. The number of para-hydroxylation sites is 1. The molecule has 0 bridgehead atoms. The lowest BCUT2D eigenvalue weighted by Gasteiger charge is -2.13. The van der Waals surface area contributed by atoms with E-state index in [2.05, 4.69) is 23.6 Å². The van der Waals surface area contributed by atoms with Gasteiger partial charge in [-0.25, -0.2) is 0 Å². The molecule has 2 rings (SSSR count). The van der Waals surface area contributed by atoms with Gasteiger partial charge in [0.2, 0.25) is 5.69 Å². The Bertz CT molecular complexity index is 804. The molecule has 1 N–H and O–H groups in total. The molecule has 0 saturated carbocycles. The first-order valence-corrected chi connectivity index (χ1v) is 15.0. The molecule has 0 amide bonds. The molecule has 200 valence electrons. The lowest BCUT2D eigenvalue weighted by Crippen LogP contribution is -2.31. The number of carboxylic acids is 1. The summed E-state index contributed by atoms with van der Waals surface area (Å²) < 4.78 is 2.07. The zero-order valence-corrected chi connectivity index (χ0v) is 23.0. The normalized spacial score (nSPS) is 12.0. The highest BCUT2D eigenvalue weighted by Crippen LogP contribution is 2.20. The van der Waals surface area contributed by atoms with Gasteiger partial charge in [0.1, 0.15) is 0 Å². The van der Waals surface area contributed by atoms with Gasteiger partial charge in [-0.05, 0) is 12.8 Å². The number of aliphatic carboxylic acids is 1. The molecule has 1 heterocycles. The molecule has 0 fully saturated rings. The molecule has 0 saturated heterocycles. The summed E-state index contributed by atoms with van der Waals surface area (Å²) in [6, 6.07) is 14.2. The second-order valence-corrected chi connectivity index (χ2v) is 10.6. The molecule has 0 spiro atoms. The minimum Gasteiger partial charge on any atom is -0.481 e. The minimum atomic E-state index is -0.667. The molecule has 1 atom stereocenters. The van der Waals surface area contributed by atoms with Gasteiger partial charge in [0.15, 0.2) is 12.4 Å². The van der Waals surface area contributed by atoms with Crippen molar-refractivity contribution >= 4 is 5.97 Å². The van der Waals surface area contributed by atoms with Crippen LogP contribution in [0.25, 0.3) is 5.69 Å². The van der Waals surface area contributed by atoms with E-state index in [1.165, 1.54) is 96.3 Å². The van der Waals surface area contributed by atoms with Gasteiger partial charge >= 0.3 is 5.97 Å². The van der Waals surface area contributed by atoms with Gasteiger partial charge in [0.05, 0.1) is 5.92 Å². The van der Waals surface area contributed by atoms with Crippen molar-refractivity contribution in [3.63, 3.8) is 0 Å². The molecule has 0 aliphatic heterocycles. The second kappa shape index (κ2) is 20.0. The fourth-order valence-electron chi connectivity index (χ4n) is 5.19. The first-order chi connectivity index (χ1) is 17.7. The Balaban J connectivity index is 1.51. The van der Waals surface area contributed by atoms with Crippen molar-refractivity contribution in [2.45, 2.75) is 129 Å². The lowest BCUT2D eigenvalue weighted by atomic mass is 9.92. The number of hydrogen-bond acceptors (Lipinski definition) is 1. The van der Waals surface area contributed by atoms with E-state index in [1.807, 2.05) is 42.7 Å². The molecule has 0 aliphatic carbocycles. The Kier molecular flexibility index (Phi) is 16.7. The smallest absolute Gasteiger partial charge is 0.306 e. The van der Waals surface area contributed by atoms with Crippen LogP contribution in [-0.2, 0) is 11.2 Å². The van der Waals surface area contributed by atoms with E-state index in [0.717, 1.165) is 30.5 Å². The first kappa shape index (κ1) is 30.1. The highest BCUT2D eigenvalue weighted by Gasteiger charge is 2.21. The molecular formula is C33H52NO2+. The van der Waals surface area contributed by atoms with Crippen LogP contribution in [-0.4, -0.2) is 11.1 Å². The van der Waals surface area contributed by atoms with Gasteiger partial charge in [-0.15, -0.1) is 0 Å². The summed E-state index contributed by atoms with van der Waals surface area (Å²) >= 11 is 0. The van der Waals surface area contributed by atoms with Crippen molar-refractivity contribution in [3.8, 4) is 5.69 Å². The maximum Gasteiger partial charge on any atom is 0.306 e. The summed E-state index contributed by atoms with van der Waals surface area (Å²) in [5.74, 6) is -0.980. The SMILES string of the molecule is CCCCCCCCCCCCCCCCCCCC(Cc1ccccc1-[n+]1ccccc1)C(=O)O. The van der Waals surface area contributed by atoms with Crippen LogP contribution in [0.4, 0.5) is 0 Å². The first-order valence-electron chi connectivity index (χ1n) is 15.0. The van der Waals surface area contributed by atoms with E-state index < -0.39 is 5.97 Å². The van der Waals surface area contributed by atoms with Crippen LogP contribution in [0, 0.1) is 5.92 Å². The number of unbranched alkanes of at least 4 members (excludes halogenated alkanes) is 16. The number of hydrogen-bond donors (Lipinski definition) is 1. The van der Waals surface area contributed by atoms with E-state index in [0.29, 0.717) is 6.42 Å². The number of rotatable bonds is 22. The van der Waals surface area contributed by atoms with E-state index in [-0.39, 0.29) is 5.92 Å². The molecule has 1 aromatic carbocycles. The monoisotopic (exact) mass is 494 g/mol. The maximum absolute atomic E-state index is 11.9. The maximum atomic E-state index is 11.9. The van der Waals surface area contributed by atoms with Gasteiger partial charge in [-0.1, -0.05) is 140 Å². The third-order valence-electron chi connectivity index (χ3n) is 7.46. The number of nitrogens with zero attached hydrogens (tertiary/aromatic N) is 1. The van der Waals surface area contributed by atoms with Crippen molar-refractivity contribution in [1.82, 2.24) is 0 Å². The zero-order valence-electron chi connectivity index (χ0n) is 23.0. The molecule has 0 aliphatic rings. The summed E-state index contributed by atoms with van der Waals surface area (Å²) in [5, 5.41) is 9.82. The second-order valence-electron chi connectivity index (χ2n) is 10.6. The Morgan fingerprint density at radius 3 is 1.64 bits per heavy atom. The Morgan fingerprint density at radius 2 is 1.14 bits per heavy atom. The number of carboxylic acid groups (broad SMARTS) is 1. The third kappa shape index (κ3) is 13.2. The standard InChI is InChI=1S/C33H51NO2/c1-2-3-4-5-6-7-8-9-10-11-12-13-14-15-16-17-19-25-31(33(35)36)29-30-24-20-21-26-32(30)34-27-22-18-23-28-34/h18,20-24,26-28,31H,2-17,19,25,29H2,1H3/p+1. The van der Waals surface area contributed by atoms with Crippen molar-refractivity contribution < 1.29 is 14.5 Å². The molecule has 3 nitrogen and oxygen atoms in total. The predicted molar refractivity (Wildman–Crippen MR) is 152 cm³/mol. The van der Waals surface area contributed by atoms with Gasteiger partial charge < -0.3 is 5.11 Å². The summed E-state index contributed by atoms with van der Waals surface area (Å²) in [4.78, 5) is 11.9. The van der Waals surface area contributed by atoms with E-state index in [4.69, 9.17) is 0 Å². The molecule has 1 aromatic heterocycles. The molecule has 3 heteroatoms. The average Bonchev–Trinajstić information content (AvgIpc) is 2.90. The topological polar surface area (TPSA) is 41.2 Å². The zero-order chi connectivity index (χ0) is 25.7. The molecule has 2 aromatic rings. The fraction of sp³-hybridized carbons (Fsp3) is 0.636. The van der Waals surface area contributed by atoms with Gasteiger partial charge in [0, 0.05) is 23.8 Å². The number of pyridine rings is 1. The lowest BCUT2D eigenvalue weighted by molar-refractivity contribution is -0.596. The minimum absolute atomic E-state index is 0.313. The predicted octanol–water partition coefficient (Wildman–Crippen LogP) is 9.25. The third-order valence-corrected chi connectivity index (χ3v) is 7.46. The van der Waals surface area contributed by atoms with Crippen LogP contribution in [0.2, 0.25) is 0 Å². The summed E-state index contributed by atoms with van der Waals surface area (Å²) in [5.41, 5.74) is 2.18. The van der Waals surface area contributed by atoms with E-state index >= 15 is 0 Å².